The maximum Gasteiger partial charge on any atom is 0.254 e. The zero-order chi connectivity index (χ0) is 22.2. The zero-order valence-electron chi connectivity index (χ0n) is 17.4. The smallest absolute Gasteiger partial charge is 0.254 e. The van der Waals surface area contributed by atoms with Gasteiger partial charge >= 0.3 is 0 Å². The average molecular weight is 465 g/mol. The van der Waals surface area contributed by atoms with Crippen molar-refractivity contribution in [1.29, 1.82) is 0 Å². The van der Waals surface area contributed by atoms with Gasteiger partial charge < -0.3 is 10.6 Å². The molecule has 7 heteroatoms. The van der Waals surface area contributed by atoms with Crippen LogP contribution < -0.4 is 10.6 Å². The number of hydrogen-bond acceptors (Lipinski definition) is 5. The van der Waals surface area contributed by atoms with Gasteiger partial charge in [0.05, 0.1) is 5.92 Å². The van der Waals surface area contributed by atoms with Gasteiger partial charge in [-0.15, -0.1) is 22.7 Å². The molecule has 0 bridgehead atoms. The molecule has 5 rings (SSSR count). The standard InChI is InChI=1S/C25H21FN2O2S2/c1-14-22(25(30)28-17-8-6-16(26)7-9-17)24(21-5-3-11-32-21)23-18(27-14)12-15(13-19(23)29)20-4-2-10-31-20/h2-11,15,24,27H,12-13H2,1H3,(H,28,30). The molecular formula is C25H21FN2O2S2. The van der Waals surface area contributed by atoms with E-state index in [9.17, 15) is 14.0 Å². The zero-order valence-corrected chi connectivity index (χ0v) is 19.0. The summed E-state index contributed by atoms with van der Waals surface area (Å²) in [7, 11) is 0. The summed E-state index contributed by atoms with van der Waals surface area (Å²) in [5.41, 5.74) is 3.37. The first kappa shape index (κ1) is 20.8. The molecule has 0 saturated heterocycles. The minimum absolute atomic E-state index is 0.0788. The van der Waals surface area contributed by atoms with Crippen molar-refractivity contribution in [1.82, 2.24) is 5.32 Å². The van der Waals surface area contributed by atoms with Crippen molar-refractivity contribution in [2.75, 3.05) is 5.32 Å². The molecule has 1 aliphatic carbocycles. The minimum atomic E-state index is -0.413. The number of carbonyl (C=O) groups excluding carboxylic acids is 2. The molecule has 3 aromatic rings. The Morgan fingerprint density at radius 3 is 2.38 bits per heavy atom. The first-order valence-electron chi connectivity index (χ1n) is 10.4. The quantitative estimate of drug-likeness (QED) is 0.502. The lowest BCUT2D eigenvalue weighted by molar-refractivity contribution is -0.116. The fourth-order valence-electron chi connectivity index (χ4n) is 4.54. The van der Waals surface area contributed by atoms with Crippen LogP contribution in [0.25, 0.3) is 0 Å². The van der Waals surface area contributed by atoms with Crippen LogP contribution in [-0.4, -0.2) is 11.7 Å². The molecule has 162 valence electrons. The number of benzene rings is 1. The van der Waals surface area contributed by atoms with Crippen molar-refractivity contribution in [3.05, 3.63) is 97.4 Å². The SMILES string of the molecule is CC1=C(C(=O)Nc2ccc(F)cc2)C(c2cccs2)C2=C(CC(c3cccs3)CC2=O)N1. The molecule has 1 aliphatic heterocycles. The van der Waals surface area contributed by atoms with Gasteiger partial charge in [0.25, 0.3) is 5.91 Å². The van der Waals surface area contributed by atoms with E-state index in [-0.39, 0.29) is 23.4 Å². The summed E-state index contributed by atoms with van der Waals surface area (Å²) in [5, 5.41) is 10.3. The van der Waals surface area contributed by atoms with Gasteiger partial charge in [0, 0.05) is 50.3 Å². The minimum Gasteiger partial charge on any atom is -0.362 e. The lowest BCUT2D eigenvalue weighted by Crippen LogP contribution is -2.36. The Kier molecular flexibility index (Phi) is 5.53. The molecule has 32 heavy (non-hydrogen) atoms. The Bertz CT molecular complexity index is 1230. The molecule has 3 heterocycles. The van der Waals surface area contributed by atoms with Crippen molar-refractivity contribution in [2.24, 2.45) is 0 Å². The summed E-state index contributed by atoms with van der Waals surface area (Å²) in [6.07, 6.45) is 1.18. The highest BCUT2D eigenvalue weighted by Gasteiger charge is 2.41. The molecule has 0 spiro atoms. The van der Waals surface area contributed by atoms with Crippen molar-refractivity contribution >= 4 is 40.1 Å². The molecule has 2 unspecified atom stereocenters. The second-order valence-electron chi connectivity index (χ2n) is 8.01. The molecule has 2 aromatic heterocycles. The van der Waals surface area contributed by atoms with Crippen LogP contribution in [0.2, 0.25) is 0 Å². The van der Waals surface area contributed by atoms with Crippen molar-refractivity contribution < 1.29 is 14.0 Å². The Morgan fingerprint density at radius 1 is 1.03 bits per heavy atom. The van der Waals surface area contributed by atoms with E-state index >= 15 is 0 Å². The maximum absolute atomic E-state index is 13.4. The van der Waals surface area contributed by atoms with Crippen LogP contribution in [0.3, 0.4) is 0 Å². The van der Waals surface area contributed by atoms with Crippen molar-refractivity contribution in [2.45, 2.75) is 31.6 Å². The van der Waals surface area contributed by atoms with Crippen LogP contribution in [0.5, 0.6) is 0 Å². The largest absolute Gasteiger partial charge is 0.362 e. The van der Waals surface area contributed by atoms with Gasteiger partial charge in [-0.05, 0) is 60.5 Å². The number of thiophene rings is 2. The number of carbonyl (C=O) groups is 2. The van der Waals surface area contributed by atoms with E-state index in [1.54, 1.807) is 22.7 Å². The van der Waals surface area contributed by atoms with E-state index in [1.165, 1.54) is 29.1 Å². The summed E-state index contributed by atoms with van der Waals surface area (Å²) in [5.74, 6) is -0.837. The molecule has 2 atom stereocenters. The van der Waals surface area contributed by atoms with Crippen LogP contribution >= 0.6 is 22.7 Å². The predicted octanol–water partition coefficient (Wildman–Crippen LogP) is 5.95. The van der Waals surface area contributed by atoms with E-state index in [4.69, 9.17) is 0 Å². The maximum atomic E-state index is 13.4. The van der Waals surface area contributed by atoms with Crippen molar-refractivity contribution in [3.63, 3.8) is 0 Å². The number of nitrogens with one attached hydrogen (secondary N) is 2. The average Bonchev–Trinajstić information content (AvgIpc) is 3.48. The van der Waals surface area contributed by atoms with E-state index in [2.05, 4.69) is 16.7 Å². The molecule has 0 radical (unpaired) electrons. The summed E-state index contributed by atoms with van der Waals surface area (Å²) in [4.78, 5) is 29.0. The summed E-state index contributed by atoms with van der Waals surface area (Å²) in [6, 6.07) is 13.7. The van der Waals surface area contributed by atoms with Gasteiger partial charge in [-0.1, -0.05) is 12.1 Å². The predicted molar refractivity (Wildman–Crippen MR) is 126 cm³/mol. The molecule has 0 fully saturated rings. The third-order valence-corrected chi connectivity index (χ3v) is 7.92. The van der Waals surface area contributed by atoms with Crippen LogP contribution in [0.1, 0.15) is 41.4 Å². The third-order valence-electron chi connectivity index (χ3n) is 5.95. The third kappa shape index (κ3) is 3.82. The Labute approximate surface area is 193 Å². The van der Waals surface area contributed by atoms with Gasteiger partial charge in [-0.25, -0.2) is 4.39 Å². The van der Waals surface area contributed by atoms with Crippen molar-refractivity contribution in [3.8, 4) is 0 Å². The number of allylic oxidation sites excluding steroid dienone is 3. The summed E-state index contributed by atoms with van der Waals surface area (Å²) < 4.78 is 13.3. The Balaban J connectivity index is 1.52. The molecular weight excluding hydrogens is 443 g/mol. The van der Waals surface area contributed by atoms with Gasteiger partial charge in [-0.2, -0.15) is 0 Å². The number of anilines is 1. The number of rotatable bonds is 4. The Morgan fingerprint density at radius 2 is 1.72 bits per heavy atom. The molecule has 1 amide bonds. The first-order chi connectivity index (χ1) is 15.5. The highest BCUT2D eigenvalue weighted by atomic mass is 32.1. The Hall–Kier alpha value is -3.03. The van der Waals surface area contributed by atoms with E-state index in [0.717, 1.165) is 22.7 Å². The normalized spacial score (nSPS) is 20.8. The molecule has 1 aromatic carbocycles. The van der Waals surface area contributed by atoms with Crippen LogP contribution in [0.15, 0.2) is 81.8 Å². The van der Waals surface area contributed by atoms with Gasteiger partial charge in [-0.3, -0.25) is 9.59 Å². The fraction of sp³-hybridized carbons (Fsp3) is 0.200. The highest BCUT2D eigenvalue weighted by Crippen LogP contribution is 2.47. The number of dihydropyridines is 1. The van der Waals surface area contributed by atoms with E-state index < -0.39 is 5.92 Å². The lowest BCUT2D eigenvalue weighted by atomic mass is 9.74. The first-order valence-corrected chi connectivity index (χ1v) is 12.1. The van der Waals surface area contributed by atoms with Crippen LogP contribution in [0.4, 0.5) is 10.1 Å². The molecule has 0 saturated carbocycles. The monoisotopic (exact) mass is 464 g/mol. The van der Waals surface area contributed by atoms with Crippen LogP contribution in [-0.2, 0) is 9.59 Å². The number of hydrogen-bond donors (Lipinski definition) is 2. The lowest BCUT2D eigenvalue weighted by Gasteiger charge is -2.36. The number of Topliss-reactive ketones (excluding diaryl/α,β-unsaturated/α-hetero) is 1. The van der Waals surface area contributed by atoms with E-state index in [0.29, 0.717) is 23.3 Å². The van der Waals surface area contributed by atoms with Gasteiger partial charge in [0.15, 0.2) is 5.78 Å². The van der Waals surface area contributed by atoms with Gasteiger partial charge in [0.1, 0.15) is 5.82 Å². The van der Waals surface area contributed by atoms with Crippen LogP contribution in [0, 0.1) is 5.82 Å². The molecule has 2 aliphatic rings. The van der Waals surface area contributed by atoms with Gasteiger partial charge in [0.2, 0.25) is 0 Å². The number of amides is 1. The van der Waals surface area contributed by atoms with E-state index in [1.807, 2.05) is 35.9 Å². The molecule has 2 N–H and O–H groups in total. The topological polar surface area (TPSA) is 58.2 Å². The highest BCUT2D eigenvalue weighted by molar-refractivity contribution is 7.10. The second kappa shape index (κ2) is 8.48. The molecule has 4 nitrogen and oxygen atoms in total. The second-order valence-corrected chi connectivity index (χ2v) is 9.97. The number of ketones is 1. The summed E-state index contributed by atoms with van der Waals surface area (Å²) >= 11 is 3.22. The fourth-order valence-corrected chi connectivity index (χ4v) is 6.21. The summed E-state index contributed by atoms with van der Waals surface area (Å²) in [6.45, 7) is 1.88. The number of halogens is 1.